The molecule has 2 aromatic carbocycles. The van der Waals surface area contributed by atoms with E-state index in [0.717, 1.165) is 77.4 Å². The highest BCUT2D eigenvalue weighted by atomic mass is 19.4. The molecule has 3 saturated heterocycles. The van der Waals surface area contributed by atoms with E-state index in [-0.39, 0.29) is 12.1 Å². The average molecular weight is 1180 g/mol. The van der Waals surface area contributed by atoms with Gasteiger partial charge in [-0.25, -0.2) is 28.4 Å². The Labute approximate surface area is 475 Å². The molecule has 3 fully saturated rings. The third-order valence-corrected chi connectivity index (χ3v) is 14.9. The highest BCUT2D eigenvalue weighted by Gasteiger charge is 2.57. The normalized spacial score (nSPS) is 18.5. The summed E-state index contributed by atoms with van der Waals surface area (Å²) in [5, 5.41) is 39.7. The molecule has 1 aromatic heterocycles. The lowest BCUT2D eigenvalue weighted by atomic mass is 9.82. The van der Waals surface area contributed by atoms with E-state index in [1.807, 2.05) is 17.4 Å². The molecule has 3 aromatic rings. The zero-order valence-corrected chi connectivity index (χ0v) is 47.0. The number of piperazine rings is 1. The molecule has 454 valence electrons. The Morgan fingerprint density at radius 1 is 0.807 bits per heavy atom. The van der Waals surface area contributed by atoms with Crippen LogP contribution < -0.4 is 31.6 Å². The highest BCUT2D eigenvalue weighted by molar-refractivity contribution is 6.06. The molecule has 6 rings (SSSR count). The number of rotatable bonds is 22. The molecule has 0 spiro atoms. The van der Waals surface area contributed by atoms with Crippen molar-refractivity contribution in [2.24, 2.45) is 10.8 Å². The highest BCUT2D eigenvalue weighted by Crippen LogP contribution is 2.42. The van der Waals surface area contributed by atoms with E-state index in [0.29, 0.717) is 67.5 Å². The van der Waals surface area contributed by atoms with Gasteiger partial charge in [0.1, 0.15) is 29.5 Å². The summed E-state index contributed by atoms with van der Waals surface area (Å²) in [6, 6.07) is 5.91. The minimum atomic E-state index is -5.21. The second kappa shape index (κ2) is 26.6. The Bertz CT molecular complexity index is 2850. The lowest BCUT2D eigenvalue weighted by Gasteiger charge is -2.47. The third kappa shape index (κ3) is 16.6. The molecule has 0 aliphatic carbocycles. The Hall–Kier alpha value is -7.12. The number of allylic oxidation sites excluding steroid dienone is 1. The summed E-state index contributed by atoms with van der Waals surface area (Å²) >= 11 is 0. The summed E-state index contributed by atoms with van der Waals surface area (Å²) in [6.07, 6.45) is -9.65. The molecule has 0 radical (unpaired) electrons. The summed E-state index contributed by atoms with van der Waals surface area (Å²) in [5.74, 6) is 0.998. The zero-order valence-electron chi connectivity index (χ0n) is 47.0. The molecule has 4 amide bonds. The van der Waals surface area contributed by atoms with E-state index in [1.165, 1.54) is 32.2 Å². The van der Waals surface area contributed by atoms with Crippen LogP contribution in [0.2, 0.25) is 0 Å². The van der Waals surface area contributed by atoms with Crippen molar-refractivity contribution in [3.63, 3.8) is 0 Å². The van der Waals surface area contributed by atoms with E-state index in [1.54, 1.807) is 23.6 Å². The number of fused-ring (bicyclic) bond motifs is 2. The molecule has 3 aliphatic rings. The Balaban J connectivity index is 1.31. The van der Waals surface area contributed by atoms with E-state index in [9.17, 15) is 55.7 Å². The largest absolute Gasteiger partial charge is 0.453 e. The van der Waals surface area contributed by atoms with Crippen LogP contribution in [0.25, 0.3) is 0 Å². The van der Waals surface area contributed by atoms with Crippen molar-refractivity contribution in [3.8, 4) is 11.8 Å². The molecule has 4 heterocycles. The van der Waals surface area contributed by atoms with Gasteiger partial charge in [-0.15, -0.1) is 0 Å². The van der Waals surface area contributed by atoms with Crippen molar-refractivity contribution in [3.05, 3.63) is 106 Å². The third-order valence-electron chi connectivity index (χ3n) is 14.9. The number of alkyl carbamates (subject to hydrolysis) is 2. The average Bonchev–Trinajstić information content (AvgIpc) is 3.37. The topological polar surface area (TPSA) is 243 Å². The van der Waals surface area contributed by atoms with Crippen LogP contribution >= 0.6 is 0 Å². The van der Waals surface area contributed by atoms with Gasteiger partial charge >= 0.3 is 24.5 Å². The fraction of sp³-hybridized carbons (Fsp3) is 0.536. The number of alkyl halides is 6. The van der Waals surface area contributed by atoms with Gasteiger partial charge in [0.2, 0.25) is 5.91 Å². The number of aromatic nitrogens is 1. The number of methoxy groups -OCH3 is 2. The van der Waals surface area contributed by atoms with E-state index >= 15 is 8.78 Å². The van der Waals surface area contributed by atoms with Crippen LogP contribution in [0.5, 0.6) is 0 Å². The number of hydrazine groups is 1. The number of hydrogen-bond acceptors (Lipinski definition) is 15. The van der Waals surface area contributed by atoms with Gasteiger partial charge in [-0.1, -0.05) is 24.0 Å². The SMILES string of the molecule is COC(=O)N[C@H](C(=O)N[C@@H](Cc1ccc(C#Cc2ccc(N3CC4CCC(C3)N4C3COC3)nc2)cc1)[C@@H](O)CN(Cc1c(F)cc(C(=N)/C=C\NCC(C)(C)O)cc1F)NC(=O)[C@@H](NC(=O)OC)C(C)(C)C(F)(F)F)C(C)(C)C(F)(F)F. The predicted octanol–water partition coefficient (Wildman–Crippen LogP) is 5.60. The maximum atomic E-state index is 16.1. The van der Waals surface area contributed by atoms with Gasteiger partial charge in [0.25, 0.3) is 5.91 Å². The van der Waals surface area contributed by atoms with E-state index < -0.39 is 119 Å². The number of aliphatic hydroxyl groups is 2. The van der Waals surface area contributed by atoms with Crippen LogP contribution in [-0.2, 0) is 36.8 Å². The lowest BCUT2D eigenvalue weighted by Crippen LogP contribution is -2.63. The second-order valence-corrected chi connectivity index (χ2v) is 22.5. The minimum absolute atomic E-state index is 0.0375. The summed E-state index contributed by atoms with van der Waals surface area (Å²) < 4.78 is 134. The number of aliphatic hydroxyl groups excluding tert-OH is 1. The number of amides is 4. The van der Waals surface area contributed by atoms with Crippen LogP contribution in [0, 0.1) is 39.7 Å². The van der Waals surface area contributed by atoms with Crippen molar-refractivity contribution < 1.29 is 78.7 Å². The van der Waals surface area contributed by atoms with Crippen LogP contribution in [0.15, 0.2) is 67.0 Å². The maximum absolute atomic E-state index is 16.1. The quantitative estimate of drug-likeness (QED) is 0.0265. The number of nitrogens with one attached hydrogen (secondary N) is 6. The van der Waals surface area contributed by atoms with Crippen LogP contribution in [0.4, 0.5) is 50.5 Å². The summed E-state index contributed by atoms with van der Waals surface area (Å²) in [4.78, 5) is 62.6. The molecule has 3 aliphatic heterocycles. The minimum Gasteiger partial charge on any atom is -0.453 e. The van der Waals surface area contributed by atoms with Gasteiger partial charge in [-0.2, -0.15) is 26.3 Å². The first-order chi connectivity index (χ1) is 38.7. The van der Waals surface area contributed by atoms with Gasteiger partial charge in [0.05, 0.1) is 67.8 Å². The maximum Gasteiger partial charge on any atom is 0.407 e. The molecule has 6 atom stereocenters. The summed E-state index contributed by atoms with van der Waals surface area (Å²) in [6.45, 7) is 6.39. The first kappa shape index (κ1) is 65.0. The summed E-state index contributed by atoms with van der Waals surface area (Å²) in [7, 11) is 1.63. The molecular formula is C56H70F8N10O9. The van der Waals surface area contributed by atoms with Crippen molar-refractivity contribution in [2.75, 3.05) is 58.5 Å². The van der Waals surface area contributed by atoms with Gasteiger partial charge in [-0.3, -0.25) is 19.9 Å². The molecule has 83 heavy (non-hydrogen) atoms. The van der Waals surface area contributed by atoms with E-state index in [2.05, 4.69) is 52.2 Å². The Morgan fingerprint density at radius 2 is 1.34 bits per heavy atom. The first-order valence-corrected chi connectivity index (χ1v) is 26.5. The number of hydrogen-bond donors (Lipinski definition) is 8. The fourth-order valence-corrected chi connectivity index (χ4v) is 9.63. The van der Waals surface area contributed by atoms with Gasteiger partial charge < -0.3 is 56.0 Å². The molecule has 27 heteroatoms. The molecular weight excluding hydrogens is 1110 g/mol. The fourth-order valence-electron chi connectivity index (χ4n) is 9.63. The van der Waals surface area contributed by atoms with Gasteiger partial charge in [0.15, 0.2) is 0 Å². The predicted molar refractivity (Wildman–Crippen MR) is 287 cm³/mol. The van der Waals surface area contributed by atoms with Crippen LogP contribution in [0.1, 0.15) is 82.2 Å². The number of pyridine rings is 1. The van der Waals surface area contributed by atoms with Crippen molar-refractivity contribution >= 4 is 35.5 Å². The Kier molecular flexibility index (Phi) is 20.9. The number of benzene rings is 2. The number of carbonyl (C=O) groups is 4. The molecule has 2 unspecified atom stereocenters. The number of carbonyl (C=O) groups excluding carboxylic acids is 4. The van der Waals surface area contributed by atoms with Crippen molar-refractivity contribution in [2.45, 2.75) is 128 Å². The number of halogens is 8. The Morgan fingerprint density at radius 3 is 1.82 bits per heavy atom. The second-order valence-electron chi connectivity index (χ2n) is 22.5. The summed E-state index contributed by atoms with van der Waals surface area (Å²) in [5.41, 5.74) is -5.47. The molecule has 0 saturated carbocycles. The number of ether oxygens (including phenoxy) is 3. The monoisotopic (exact) mass is 1180 g/mol. The van der Waals surface area contributed by atoms with Crippen LogP contribution in [0.3, 0.4) is 0 Å². The molecule has 2 bridgehead atoms. The molecule has 19 nitrogen and oxygen atoms in total. The van der Waals surface area contributed by atoms with Gasteiger partial charge in [0, 0.05) is 73.3 Å². The zero-order chi connectivity index (χ0) is 61.4. The number of nitrogens with zero attached hydrogens (tertiary/aromatic N) is 4. The standard InChI is InChI=1S/C56H70F8N10O9/c1-52(2,80)31-66-20-19-42(65)35-22-40(57)39(41(58)23-35)27-73(71-49(77)47(70-51(79)82-8)54(5,6)56(62,63)64)28-44(75)43(68-48(76)46(69-50(78)81-7)53(3,4)55(59,60)61)21-33-12-9-32(10-13-33)11-14-34-15-18-45(67-24-34)72-25-36-16-17-37(26-72)74(36)38-29-83-30-38/h9-10,12-13,15,18-20,22-24,36-38,43-44,46-47,65-66,75,80H,16-17,21,25-31H2,1-8H3,(H,68,76)(H,69,78)(H,70,79)(H,71,77)/b20-19-,65-42?/t36?,37?,43-,44-,46+,47+/m0/s1. The van der Waals surface area contributed by atoms with Crippen molar-refractivity contribution in [1.82, 2.24) is 41.6 Å². The van der Waals surface area contributed by atoms with Gasteiger partial charge in [-0.05, 0) is 115 Å². The first-order valence-electron chi connectivity index (χ1n) is 26.5. The molecule has 8 N–H and O–H groups in total. The van der Waals surface area contributed by atoms with E-state index in [4.69, 9.17) is 10.1 Å². The van der Waals surface area contributed by atoms with Crippen molar-refractivity contribution in [1.29, 1.82) is 5.41 Å². The lowest BCUT2D eigenvalue weighted by molar-refractivity contribution is -0.221. The van der Waals surface area contributed by atoms with Crippen LogP contribution in [-0.4, -0.2) is 169 Å². The number of anilines is 1. The smallest absolute Gasteiger partial charge is 0.407 e.